The number of benzene rings is 8. The van der Waals surface area contributed by atoms with Gasteiger partial charge in [-0.15, -0.1) is 0 Å². The molecule has 2 aromatic heterocycles. The van der Waals surface area contributed by atoms with Crippen molar-refractivity contribution in [3.8, 4) is 11.1 Å². The van der Waals surface area contributed by atoms with Crippen molar-refractivity contribution in [3.63, 3.8) is 0 Å². The van der Waals surface area contributed by atoms with Crippen molar-refractivity contribution >= 4 is 82.5 Å². The summed E-state index contributed by atoms with van der Waals surface area (Å²) in [4.78, 5) is 2.36. The molecule has 3 heteroatoms. The van der Waals surface area contributed by atoms with Crippen LogP contribution in [-0.4, -0.2) is 0 Å². The fraction of sp³-hybridized carbons (Fsp3) is 0. The van der Waals surface area contributed by atoms with E-state index in [2.05, 4.69) is 144 Å². The molecular weight excluding hydrogens is 574 g/mol. The van der Waals surface area contributed by atoms with Gasteiger partial charge in [0.05, 0.1) is 0 Å². The minimum Gasteiger partial charge on any atom is -0.456 e. The van der Waals surface area contributed by atoms with Crippen molar-refractivity contribution in [2.75, 3.05) is 4.90 Å². The monoisotopic (exact) mass is 601 g/mol. The highest BCUT2D eigenvalue weighted by Crippen LogP contribution is 2.42. The van der Waals surface area contributed by atoms with Gasteiger partial charge in [-0.3, -0.25) is 0 Å². The van der Waals surface area contributed by atoms with E-state index in [0.717, 1.165) is 66.3 Å². The molecule has 0 aliphatic carbocycles. The standard InChI is InChI=1S/C44H27NO2/c1-2-9-28(10-3-1)30-11-8-12-32(23-30)45(34-21-22-43-39(26-34)35-13-4-6-15-41(35)46-43)33-20-19-29-17-18-31-24-44-40(27-38(31)37(29)25-33)36-14-5-7-16-42(36)47-44/h1-27H. The van der Waals surface area contributed by atoms with E-state index in [1.807, 2.05) is 24.3 Å². The van der Waals surface area contributed by atoms with Crippen LogP contribution in [0.25, 0.3) is 76.5 Å². The zero-order valence-electron chi connectivity index (χ0n) is 25.4. The van der Waals surface area contributed by atoms with E-state index in [0.29, 0.717) is 0 Å². The van der Waals surface area contributed by atoms with E-state index in [-0.39, 0.29) is 0 Å². The van der Waals surface area contributed by atoms with Crippen LogP contribution in [-0.2, 0) is 0 Å². The molecule has 2 heterocycles. The van der Waals surface area contributed by atoms with Gasteiger partial charge in [0.25, 0.3) is 0 Å². The first kappa shape index (κ1) is 26.0. The van der Waals surface area contributed by atoms with Crippen LogP contribution in [0.2, 0.25) is 0 Å². The molecule has 0 N–H and O–H groups in total. The number of hydrogen-bond donors (Lipinski definition) is 0. The average molecular weight is 602 g/mol. The molecule has 0 unspecified atom stereocenters. The fourth-order valence-corrected chi connectivity index (χ4v) is 7.16. The molecule has 8 aromatic carbocycles. The third-order valence-corrected chi connectivity index (χ3v) is 9.41. The number of para-hydroxylation sites is 2. The molecule has 3 nitrogen and oxygen atoms in total. The van der Waals surface area contributed by atoms with Gasteiger partial charge >= 0.3 is 0 Å². The molecule has 0 amide bonds. The minimum atomic E-state index is 0.883. The Hall–Kier alpha value is -6.32. The molecule has 0 radical (unpaired) electrons. The molecule has 0 aliphatic heterocycles. The number of furan rings is 2. The summed E-state index contributed by atoms with van der Waals surface area (Å²) in [7, 11) is 0. The fourth-order valence-electron chi connectivity index (χ4n) is 7.16. The maximum Gasteiger partial charge on any atom is 0.136 e. The Morgan fingerprint density at radius 1 is 0.298 bits per heavy atom. The summed E-state index contributed by atoms with van der Waals surface area (Å²) >= 11 is 0. The second-order valence-electron chi connectivity index (χ2n) is 12.2. The van der Waals surface area contributed by atoms with Crippen molar-refractivity contribution in [1.82, 2.24) is 0 Å². The van der Waals surface area contributed by atoms with Gasteiger partial charge in [-0.1, -0.05) is 97.1 Å². The first-order valence-electron chi connectivity index (χ1n) is 15.9. The summed E-state index contributed by atoms with van der Waals surface area (Å²) in [6, 6.07) is 58.1. The lowest BCUT2D eigenvalue weighted by molar-refractivity contribution is 0.668. The molecule has 0 spiro atoms. The Balaban J connectivity index is 1.22. The Bertz CT molecular complexity index is 2810. The number of rotatable bonds is 4. The molecular formula is C44H27NO2. The van der Waals surface area contributed by atoms with E-state index in [1.165, 1.54) is 27.3 Å². The van der Waals surface area contributed by atoms with Crippen LogP contribution in [0.5, 0.6) is 0 Å². The molecule has 0 bridgehead atoms. The van der Waals surface area contributed by atoms with Crippen molar-refractivity contribution < 1.29 is 8.83 Å². The highest BCUT2D eigenvalue weighted by Gasteiger charge is 2.18. The van der Waals surface area contributed by atoms with Crippen molar-refractivity contribution in [3.05, 3.63) is 164 Å². The van der Waals surface area contributed by atoms with Gasteiger partial charge in [-0.2, -0.15) is 0 Å². The zero-order chi connectivity index (χ0) is 30.9. The summed E-state index contributed by atoms with van der Waals surface area (Å²) in [5.41, 5.74) is 9.19. The largest absolute Gasteiger partial charge is 0.456 e. The van der Waals surface area contributed by atoms with Gasteiger partial charge in [0.1, 0.15) is 22.3 Å². The zero-order valence-corrected chi connectivity index (χ0v) is 25.4. The molecule has 10 aromatic rings. The summed E-state index contributed by atoms with van der Waals surface area (Å²) in [6.07, 6.45) is 0. The lowest BCUT2D eigenvalue weighted by Gasteiger charge is -2.26. The quantitative estimate of drug-likeness (QED) is 0.188. The van der Waals surface area contributed by atoms with Gasteiger partial charge in [0.2, 0.25) is 0 Å². The average Bonchev–Trinajstić information content (AvgIpc) is 3.69. The molecule has 0 atom stereocenters. The van der Waals surface area contributed by atoms with Crippen LogP contribution in [0.3, 0.4) is 0 Å². The Morgan fingerprint density at radius 2 is 0.851 bits per heavy atom. The lowest BCUT2D eigenvalue weighted by Crippen LogP contribution is -2.10. The van der Waals surface area contributed by atoms with E-state index < -0.39 is 0 Å². The van der Waals surface area contributed by atoms with Crippen LogP contribution in [0.15, 0.2) is 173 Å². The number of hydrogen-bond acceptors (Lipinski definition) is 3. The predicted octanol–water partition coefficient (Wildman–Crippen LogP) is 12.9. The normalized spacial score (nSPS) is 11.8. The van der Waals surface area contributed by atoms with E-state index in [4.69, 9.17) is 8.83 Å². The molecule has 0 fully saturated rings. The van der Waals surface area contributed by atoms with Crippen LogP contribution in [0.1, 0.15) is 0 Å². The van der Waals surface area contributed by atoms with Gasteiger partial charge < -0.3 is 13.7 Å². The molecule has 0 saturated carbocycles. The summed E-state index contributed by atoms with van der Waals surface area (Å²) in [5, 5.41) is 9.25. The molecule has 47 heavy (non-hydrogen) atoms. The second-order valence-corrected chi connectivity index (χ2v) is 12.2. The lowest BCUT2D eigenvalue weighted by atomic mass is 9.98. The van der Waals surface area contributed by atoms with Crippen LogP contribution in [0.4, 0.5) is 17.1 Å². The summed E-state index contributed by atoms with van der Waals surface area (Å²) in [5.74, 6) is 0. The molecule has 10 rings (SSSR count). The maximum absolute atomic E-state index is 6.24. The Kier molecular flexibility index (Phi) is 5.57. The molecule has 220 valence electrons. The Morgan fingerprint density at radius 3 is 1.66 bits per heavy atom. The highest BCUT2D eigenvalue weighted by atomic mass is 16.3. The van der Waals surface area contributed by atoms with E-state index >= 15 is 0 Å². The molecule has 0 aliphatic rings. The summed E-state index contributed by atoms with van der Waals surface area (Å²) < 4.78 is 12.5. The highest BCUT2D eigenvalue weighted by molar-refractivity contribution is 6.17. The third-order valence-electron chi connectivity index (χ3n) is 9.41. The predicted molar refractivity (Wildman–Crippen MR) is 196 cm³/mol. The minimum absolute atomic E-state index is 0.883. The topological polar surface area (TPSA) is 29.5 Å². The van der Waals surface area contributed by atoms with Gasteiger partial charge in [0, 0.05) is 38.6 Å². The third kappa shape index (κ3) is 4.14. The maximum atomic E-state index is 6.24. The van der Waals surface area contributed by atoms with Gasteiger partial charge in [-0.25, -0.2) is 0 Å². The van der Waals surface area contributed by atoms with Crippen LogP contribution in [0, 0.1) is 0 Å². The van der Waals surface area contributed by atoms with Gasteiger partial charge in [-0.05, 0) is 99.4 Å². The second kappa shape index (κ2) is 10.1. The smallest absolute Gasteiger partial charge is 0.136 e. The summed E-state index contributed by atoms with van der Waals surface area (Å²) in [6.45, 7) is 0. The molecule has 0 saturated heterocycles. The SMILES string of the molecule is c1ccc(-c2cccc(N(c3ccc4ccc5cc6oc7ccccc7c6cc5c4c3)c3ccc4oc5ccccc5c4c3)c2)cc1. The van der Waals surface area contributed by atoms with Crippen molar-refractivity contribution in [2.45, 2.75) is 0 Å². The van der Waals surface area contributed by atoms with E-state index in [9.17, 15) is 0 Å². The van der Waals surface area contributed by atoms with Crippen LogP contribution < -0.4 is 4.90 Å². The van der Waals surface area contributed by atoms with Crippen LogP contribution >= 0.6 is 0 Å². The number of fused-ring (bicyclic) bond motifs is 9. The van der Waals surface area contributed by atoms with Crippen molar-refractivity contribution in [1.29, 1.82) is 0 Å². The number of nitrogens with zero attached hydrogens (tertiary/aromatic N) is 1. The first-order valence-corrected chi connectivity index (χ1v) is 15.9. The number of anilines is 3. The van der Waals surface area contributed by atoms with Gasteiger partial charge in [0.15, 0.2) is 0 Å². The van der Waals surface area contributed by atoms with E-state index in [1.54, 1.807) is 0 Å². The Labute approximate surface area is 270 Å². The first-order chi connectivity index (χ1) is 23.3. The van der Waals surface area contributed by atoms with Crippen molar-refractivity contribution in [2.24, 2.45) is 0 Å².